The van der Waals surface area contributed by atoms with Gasteiger partial charge in [-0.15, -0.1) is 34.9 Å². The molecular weight excluding hydrogens is 391 g/mol. The minimum absolute atomic E-state index is 1.29. The second kappa shape index (κ2) is 10.8. The molecule has 128 valence electrons. The van der Waals surface area contributed by atoms with Gasteiger partial charge in [0.2, 0.25) is 0 Å². The fraction of sp³-hybridized carbons (Fsp3) is 0.0800. The second-order valence-corrected chi connectivity index (χ2v) is 5.94. The first kappa shape index (κ1) is 20.2. The topological polar surface area (TPSA) is 0 Å². The Kier molecular flexibility index (Phi) is 8.38. The van der Waals surface area contributed by atoms with Gasteiger partial charge in [0.15, 0.2) is 0 Å². The first-order valence-corrected chi connectivity index (χ1v) is 10.4. The number of benzene rings is 2. The Morgan fingerprint density at radius 3 is 1.81 bits per heavy atom. The molecule has 0 aliphatic rings. The molecule has 4 rings (SSSR count). The van der Waals surface area contributed by atoms with E-state index in [9.17, 15) is 0 Å². The van der Waals surface area contributed by atoms with Gasteiger partial charge >= 0.3 is 28.4 Å². The fourth-order valence-corrected chi connectivity index (χ4v) is 2.94. The van der Waals surface area contributed by atoms with E-state index in [1.165, 1.54) is 57.6 Å². The third-order valence-corrected chi connectivity index (χ3v) is 4.30. The molecule has 0 saturated carbocycles. The monoisotopic (exact) mass is 414 g/mol. The standard InChI is InChI=1S/C19H17.C5H5.CH2.Zr/c1-14-13-18(16-9-5-3-6-10-16)19(15(14)2)17-11-7-4-8-12-17;1-2-4-5-3-1;;/h3-13H,1-2H3;1-5H;1H2;/q2*-1;;+2. The van der Waals surface area contributed by atoms with Gasteiger partial charge in [-0.05, 0) is 0 Å². The summed E-state index contributed by atoms with van der Waals surface area (Å²) < 4.78 is 3.34. The molecule has 4 aromatic rings. The van der Waals surface area contributed by atoms with Gasteiger partial charge < -0.3 is 0 Å². The van der Waals surface area contributed by atoms with Crippen LogP contribution < -0.4 is 0 Å². The van der Waals surface area contributed by atoms with Crippen LogP contribution in [0, 0.1) is 13.8 Å². The minimum atomic E-state index is 1.29. The second-order valence-electron chi connectivity index (χ2n) is 5.94. The van der Waals surface area contributed by atoms with Crippen molar-refractivity contribution in [2.45, 2.75) is 13.8 Å². The van der Waals surface area contributed by atoms with Crippen LogP contribution in [0.4, 0.5) is 0 Å². The summed E-state index contributed by atoms with van der Waals surface area (Å²) in [5.74, 6) is 0. The number of hydrogen-bond acceptors (Lipinski definition) is 0. The number of aryl methyl sites for hydroxylation is 1. The third kappa shape index (κ3) is 5.19. The minimum Gasteiger partial charge on any atom is -0.214 e. The predicted octanol–water partition coefficient (Wildman–Crippen LogP) is 6.73. The molecular formula is C25H24Zr. The van der Waals surface area contributed by atoms with E-state index in [4.69, 9.17) is 0 Å². The average Bonchev–Trinajstić information content (AvgIpc) is 3.38. The first-order chi connectivity index (χ1) is 12.8. The summed E-state index contributed by atoms with van der Waals surface area (Å²) in [6.07, 6.45) is 0. The maximum Gasteiger partial charge on any atom is -0.172 e. The number of rotatable bonds is 2. The fourth-order valence-electron chi connectivity index (χ4n) is 2.94. The van der Waals surface area contributed by atoms with Gasteiger partial charge in [0.1, 0.15) is 0 Å². The van der Waals surface area contributed by atoms with E-state index < -0.39 is 0 Å². The zero-order valence-electron chi connectivity index (χ0n) is 15.4. The van der Waals surface area contributed by atoms with E-state index in [-0.39, 0.29) is 0 Å². The normalized spacial score (nSPS) is 9.54. The summed E-state index contributed by atoms with van der Waals surface area (Å²) >= 11 is 1.30. The van der Waals surface area contributed by atoms with Gasteiger partial charge in [-0.3, -0.25) is 0 Å². The average molecular weight is 416 g/mol. The molecule has 0 atom stereocenters. The van der Waals surface area contributed by atoms with E-state index in [1.807, 2.05) is 30.3 Å². The van der Waals surface area contributed by atoms with Crippen molar-refractivity contribution in [2.24, 2.45) is 0 Å². The van der Waals surface area contributed by atoms with Crippen molar-refractivity contribution in [1.82, 2.24) is 0 Å². The van der Waals surface area contributed by atoms with E-state index >= 15 is 0 Å². The van der Waals surface area contributed by atoms with Crippen LogP contribution in [0.3, 0.4) is 0 Å². The molecule has 26 heavy (non-hydrogen) atoms. The third-order valence-electron chi connectivity index (χ3n) is 4.30. The van der Waals surface area contributed by atoms with Crippen LogP contribution in [-0.4, -0.2) is 4.21 Å². The molecule has 0 radical (unpaired) electrons. The van der Waals surface area contributed by atoms with Gasteiger partial charge in [-0.25, -0.2) is 12.1 Å². The summed E-state index contributed by atoms with van der Waals surface area (Å²) in [6, 6.07) is 33.6. The largest absolute Gasteiger partial charge is 0.214 e. The summed E-state index contributed by atoms with van der Waals surface area (Å²) in [5.41, 5.74) is 8.03. The van der Waals surface area contributed by atoms with Crippen molar-refractivity contribution in [3.63, 3.8) is 0 Å². The molecule has 4 aromatic carbocycles. The van der Waals surface area contributed by atoms with Crippen molar-refractivity contribution in [3.8, 4) is 22.3 Å². The van der Waals surface area contributed by atoms with Crippen LogP contribution >= 0.6 is 0 Å². The summed E-state index contributed by atoms with van der Waals surface area (Å²) in [6.45, 7) is 4.40. The molecule has 1 heteroatoms. The first-order valence-electron chi connectivity index (χ1n) is 8.67. The predicted molar refractivity (Wildman–Crippen MR) is 112 cm³/mol. The van der Waals surface area contributed by atoms with Crippen LogP contribution in [0.5, 0.6) is 0 Å². The molecule has 0 saturated heterocycles. The zero-order valence-corrected chi connectivity index (χ0v) is 17.9. The van der Waals surface area contributed by atoms with Crippen LogP contribution in [0.15, 0.2) is 97.1 Å². The van der Waals surface area contributed by atoms with E-state index in [0.29, 0.717) is 0 Å². The van der Waals surface area contributed by atoms with E-state index in [1.54, 1.807) is 0 Å². The molecule has 0 aromatic heterocycles. The molecule has 0 heterocycles. The van der Waals surface area contributed by atoms with Gasteiger partial charge in [0.05, 0.1) is 0 Å². The maximum atomic E-state index is 3.34. The molecule has 0 nitrogen and oxygen atoms in total. The quantitative estimate of drug-likeness (QED) is 0.318. The number of hydrogen-bond donors (Lipinski definition) is 0. The van der Waals surface area contributed by atoms with Crippen LogP contribution in [-0.2, 0) is 24.2 Å². The smallest absolute Gasteiger partial charge is 0.172 e. The van der Waals surface area contributed by atoms with E-state index in [0.717, 1.165) is 0 Å². The Bertz CT molecular complexity index is 852. The van der Waals surface area contributed by atoms with Gasteiger partial charge in [0, 0.05) is 0 Å². The summed E-state index contributed by atoms with van der Waals surface area (Å²) in [7, 11) is 0. The molecule has 0 aliphatic carbocycles. The Morgan fingerprint density at radius 1 is 0.769 bits per heavy atom. The van der Waals surface area contributed by atoms with Crippen molar-refractivity contribution in [1.29, 1.82) is 0 Å². The van der Waals surface area contributed by atoms with E-state index in [2.05, 4.69) is 84.8 Å². The van der Waals surface area contributed by atoms with Crippen molar-refractivity contribution in [2.75, 3.05) is 0 Å². The molecule has 0 bridgehead atoms. The Morgan fingerprint density at radius 2 is 1.31 bits per heavy atom. The SMILES string of the molecule is Cc1c[c-](-c2ccccc2)c(-c2ccccc2)c1C.[CH2]=[Zr+2].c1cc[cH-]c1. The van der Waals surface area contributed by atoms with Gasteiger partial charge in [0.25, 0.3) is 0 Å². The molecule has 0 N–H and O–H groups in total. The molecule has 0 spiro atoms. The summed E-state index contributed by atoms with van der Waals surface area (Å²) in [4.78, 5) is 0. The Balaban J connectivity index is 0.000000295. The van der Waals surface area contributed by atoms with Crippen molar-refractivity contribution in [3.05, 3.63) is 108 Å². The van der Waals surface area contributed by atoms with Crippen LogP contribution in [0.25, 0.3) is 22.3 Å². The Labute approximate surface area is 172 Å². The summed E-state index contributed by atoms with van der Waals surface area (Å²) in [5, 5.41) is 0. The molecule has 0 fully saturated rings. The van der Waals surface area contributed by atoms with Crippen molar-refractivity contribution >= 4 is 4.21 Å². The molecule has 0 aliphatic heterocycles. The van der Waals surface area contributed by atoms with Crippen LogP contribution in [0.1, 0.15) is 11.1 Å². The Hall–Kier alpha value is -2.11. The maximum absolute atomic E-state index is 3.34. The van der Waals surface area contributed by atoms with Gasteiger partial charge in [-0.1, -0.05) is 79.1 Å². The van der Waals surface area contributed by atoms with Crippen molar-refractivity contribution < 1.29 is 24.2 Å². The van der Waals surface area contributed by atoms with Crippen LogP contribution in [0.2, 0.25) is 0 Å². The zero-order chi connectivity index (χ0) is 18.8. The molecule has 0 amide bonds. The molecule has 0 unspecified atom stereocenters. The van der Waals surface area contributed by atoms with Gasteiger partial charge in [-0.2, -0.15) is 18.2 Å².